The van der Waals surface area contributed by atoms with Gasteiger partial charge in [0.1, 0.15) is 0 Å². The van der Waals surface area contributed by atoms with Crippen LogP contribution in [0.1, 0.15) is 26.2 Å². The Labute approximate surface area is 105 Å². The summed E-state index contributed by atoms with van der Waals surface area (Å²) in [5, 5.41) is 22.2. The Morgan fingerprint density at radius 1 is 1.35 bits per heavy atom. The maximum absolute atomic E-state index is 10.6. The molecule has 0 bridgehead atoms. The SMILES string of the molecule is C[C@]1(O)C[C@@H](O)[C@H]2C=CCCC([Si](C)(C)C)=C21. The van der Waals surface area contributed by atoms with E-state index in [4.69, 9.17) is 0 Å². The molecule has 0 aliphatic heterocycles. The summed E-state index contributed by atoms with van der Waals surface area (Å²) in [6, 6.07) is 0. The molecule has 1 saturated carbocycles. The summed E-state index contributed by atoms with van der Waals surface area (Å²) in [6.45, 7) is 8.86. The second-order valence-electron chi connectivity index (χ2n) is 6.68. The molecular formula is C14H24O2Si. The van der Waals surface area contributed by atoms with Crippen LogP contribution in [0.2, 0.25) is 19.6 Å². The minimum Gasteiger partial charge on any atom is -0.392 e. The van der Waals surface area contributed by atoms with Crippen LogP contribution in [0.4, 0.5) is 0 Å². The molecule has 2 aliphatic rings. The highest BCUT2D eigenvalue weighted by molar-refractivity contribution is 6.83. The van der Waals surface area contributed by atoms with E-state index in [2.05, 4.69) is 31.8 Å². The van der Waals surface area contributed by atoms with Gasteiger partial charge in [-0.15, -0.1) is 0 Å². The van der Waals surface area contributed by atoms with Gasteiger partial charge in [0.25, 0.3) is 0 Å². The Kier molecular flexibility index (Phi) is 3.13. The summed E-state index contributed by atoms with van der Waals surface area (Å²) in [5.74, 6) is 0.0502. The summed E-state index contributed by atoms with van der Waals surface area (Å²) < 4.78 is 0. The normalized spacial score (nSPS) is 38.2. The van der Waals surface area contributed by atoms with E-state index in [1.54, 1.807) is 0 Å². The van der Waals surface area contributed by atoms with Crippen molar-refractivity contribution in [2.24, 2.45) is 5.92 Å². The van der Waals surface area contributed by atoms with Gasteiger partial charge in [-0.2, -0.15) is 0 Å². The summed E-state index contributed by atoms with van der Waals surface area (Å²) in [7, 11) is -1.42. The zero-order valence-electron chi connectivity index (χ0n) is 11.3. The molecule has 3 heteroatoms. The molecule has 2 nitrogen and oxygen atoms in total. The van der Waals surface area contributed by atoms with Crippen molar-refractivity contribution in [1.29, 1.82) is 0 Å². The van der Waals surface area contributed by atoms with Gasteiger partial charge in [-0.3, -0.25) is 0 Å². The van der Waals surface area contributed by atoms with E-state index in [9.17, 15) is 10.2 Å². The highest BCUT2D eigenvalue weighted by atomic mass is 28.3. The van der Waals surface area contributed by atoms with Crippen molar-refractivity contribution in [1.82, 2.24) is 0 Å². The molecule has 2 N–H and O–H groups in total. The van der Waals surface area contributed by atoms with Gasteiger partial charge in [0, 0.05) is 12.3 Å². The first-order valence-electron chi connectivity index (χ1n) is 6.54. The van der Waals surface area contributed by atoms with Crippen LogP contribution in [0.25, 0.3) is 0 Å². The molecule has 0 saturated heterocycles. The van der Waals surface area contributed by atoms with Crippen molar-refractivity contribution in [3.8, 4) is 0 Å². The average molecular weight is 252 g/mol. The highest BCUT2D eigenvalue weighted by Crippen LogP contribution is 2.46. The smallest absolute Gasteiger partial charge is 0.0859 e. The predicted molar refractivity (Wildman–Crippen MR) is 73.5 cm³/mol. The molecule has 0 heterocycles. The van der Waals surface area contributed by atoms with Crippen molar-refractivity contribution < 1.29 is 10.2 Å². The quantitative estimate of drug-likeness (QED) is 0.556. The van der Waals surface area contributed by atoms with Gasteiger partial charge in [-0.05, 0) is 25.3 Å². The Morgan fingerprint density at radius 2 is 2.00 bits per heavy atom. The van der Waals surface area contributed by atoms with Crippen LogP contribution in [0, 0.1) is 5.92 Å². The Morgan fingerprint density at radius 3 is 2.59 bits per heavy atom. The number of allylic oxidation sites excluding steroid dienone is 2. The number of fused-ring (bicyclic) bond motifs is 1. The van der Waals surface area contributed by atoms with Gasteiger partial charge in [0.05, 0.1) is 19.8 Å². The van der Waals surface area contributed by atoms with Crippen LogP contribution in [-0.2, 0) is 0 Å². The molecular weight excluding hydrogens is 228 g/mol. The summed E-state index contributed by atoms with van der Waals surface area (Å²) in [6.07, 6.45) is 6.44. The minimum atomic E-state index is -1.42. The lowest BCUT2D eigenvalue weighted by Gasteiger charge is -2.30. The molecule has 0 spiro atoms. The summed E-state index contributed by atoms with van der Waals surface area (Å²) in [5.41, 5.74) is 0.326. The second-order valence-corrected chi connectivity index (χ2v) is 11.8. The van der Waals surface area contributed by atoms with Gasteiger partial charge >= 0.3 is 0 Å². The molecule has 17 heavy (non-hydrogen) atoms. The van der Waals surface area contributed by atoms with Crippen molar-refractivity contribution in [3.05, 3.63) is 22.9 Å². The van der Waals surface area contributed by atoms with Crippen molar-refractivity contribution >= 4 is 8.07 Å². The standard InChI is InChI=1S/C14H24O2Si/c1-14(16)9-11(15)10-7-5-6-8-12(13(10)14)17(2,3)4/h5,7,10-11,15-16H,6,8-9H2,1-4H3/t10-,11-,14+/m1/s1. The first-order valence-corrected chi connectivity index (χ1v) is 10.0. The van der Waals surface area contributed by atoms with Crippen LogP contribution in [0.5, 0.6) is 0 Å². The second kappa shape index (κ2) is 4.07. The van der Waals surface area contributed by atoms with Crippen LogP contribution in [0.3, 0.4) is 0 Å². The van der Waals surface area contributed by atoms with E-state index in [0.29, 0.717) is 6.42 Å². The molecule has 0 unspecified atom stereocenters. The van der Waals surface area contributed by atoms with E-state index < -0.39 is 19.8 Å². The van der Waals surface area contributed by atoms with E-state index in [0.717, 1.165) is 18.4 Å². The fraction of sp³-hybridized carbons (Fsp3) is 0.714. The molecule has 96 valence electrons. The summed E-state index contributed by atoms with van der Waals surface area (Å²) >= 11 is 0. The number of hydrogen-bond donors (Lipinski definition) is 2. The topological polar surface area (TPSA) is 40.5 Å². The minimum absolute atomic E-state index is 0.0502. The van der Waals surface area contributed by atoms with Gasteiger partial charge in [0.2, 0.25) is 0 Å². The number of aliphatic hydroxyl groups excluding tert-OH is 1. The monoisotopic (exact) mass is 252 g/mol. The fourth-order valence-electron chi connectivity index (χ4n) is 3.33. The van der Waals surface area contributed by atoms with Gasteiger partial charge in [0.15, 0.2) is 0 Å². The lowest BCUT2D eigenvalue weighted by atomic mass is 9.94. The van der Waals surface area contributed by atoms with Gasteiger partial charge in [-0.25, -0.2) is 0 Å². The van der Waals surface area contributed by atoms with Gasteiger partial charge < -0.3 is 10.2 Å². The Balaban J connectivity index is 2.57. The molecule has 0 amide bonds. The van der Waals surface area contributed by atoms with Crippen molar-refractivity contribution in [2.75, 3.05) is 0 Å². The third-order valence-corrected chi connectivity index (χ3v) is 6.40. The molecule has 0 aromatic heterocycles. The maximum Gasteiger partial charge on any atom is 0.0859 e. The zero-order valence-corrected chi connectivity index (χ0v) is 12.3. The molecule has 3 atom stereocenters. The number of hydrogen-bond acceptors (Lipinski definition) is 2. The Hall–Kier alpha value is -0.383. The van der Waals surface area contributed by atoms with Crippen LogP contribution < -0.4 is 0 Å². The van der Waals surface area contributed by atoms with Crippen LogP contribution >= 0.6 is 0 Å². The zero-order chi connectivity index (χ0) is 12.8. The van der Waals surface area contributed by atoms with Crippen LogP contribution in [0.15, 0.2) is 22.9 Å². The fourth-order valence-corrected chi connectivity index (χ4v) is 5.47. The third kappa shape index (κ3) is 2.28. The number of aliphatic hydroxyl groups is 2. The van der Waals surface area contributed by atoms with E-state index in [1.807, 2.05) is 6.92 Å². The summed E-state index contributed by atoms with van der Waals surface area (Å²) in [4.78, 5) is 0. The largest absolute Gasteiger partial charge is 0.392 e. The molecule has 0 aromatic carbocycles. The molecule has 2 rings (SSSR count). The molecule has 2 aliphatic carbocycles. The predicted octanol–water partition coefficient (Wildman–Crippen LogP) is 2.64. The van der Waals surface area contributed by atoms with E-state index in [1.165, 1.54) is 5.20 Å². The average Bonchev–Trinajstić information content (AvgIpc) is 2.38. The third-order valence-electron chi connectivity index (χ3n) is 4.07. The molecule has 0 aromatic rings. The lowest BCUT2D eigenvalue weighted by molar-refractivity contribution is 0.0701. The van der Waals surface area contributed by atoms with Crippen molar-refractivity contribution in [2.45, 2.75) is 57.5 Å². The molecule has 1 fully saturated rings. The highest BCUT2D eigenvalue weighted by Gasteiger charge is 2.47. The Bertz CT molecular complexity index is 374. The van der Waals surface area contributed by atoms with Crippen LogP contribution in [-0.4, -0.2) is 30.0 Å². The molecule has 0 radical (unpaired) electrons. The van der Waals surface area contributed by atoms with E-state index >= 15 is 0 Å². The first-order chi connectivity index (χ1) is 7.73. The van der Waals surface area contributed by atoms with Crippen molar-refractivity contribution in [3.63, 3.8) is 0 Å². The van der Waals surface area contributed by atoms with E-state index in [-0.39, 0.29) is 5.92 Å². The first kappa shape index (κ1) is 13.1. The lowest BCUT2D eigenvalue weighted by Crippen LogP contribution is -2.32. The maximum atomic E-state index is 10.6. The number of rotatable bonds is 1. The van der Waals surface area contributed by atoms with Gasteiger partial charge in [-0.1, -0.05) is 37.0 Å².